The zero-order valence-electron chi connectivity index (χ0n) is 12.3. The monoisotopic (exact) mass is 295 g/mol. The fraction of sp³-hybridized carbons (Fsp3) is 0.176. The van der Waals surface area contributed by atoms with Gasteiger partial charge in [-0.3, -0.25) is 9.48 Å². The number of hydrogen-bond donors (Lipinski definition) is 1. The number of benzene rings is 1. The van der Waals surface area contributed by atoms with E-state index in [2.05, 4.69) is 10.4 Å². The molecular formula is C17H17N3O2. The first-order valence-corrected chi connectivity index (χ1v) is 7.12. The second-order valence-corrected chi connectivity index (χ2v) is 5.04. The van der Waals surface area contributed by atoms with Gasteiger partial charge in [-0.2, -0.15) is 5.10 Å². The summed E-state index contributed by atoms with van der Waals surface area (Å²) in [5, 5.41) is 7.20. The summed E-state index contributed by atoms with van der Waals surface area (Å²) in [6.45, 7) is 2.33. The molecule has 0 fully saturated rings. The number of aryl methyl sites for hydroxylation is 1. The zero-order valence-corrected chi connectivity index (χ0v) is 12.3. The van der Waals surface area contributed by atoms with Crippen molar-refractivity contribution >= 4 is 5.91 Å². The summed E-state index contributed by atoms with van der Waals surface area (Å²) < 4.78 is 7.24. The number of rotatable bonds is 5. The first-order valence-electron chi connectivity index (χ1n) is 7.12. The van der Waals surface area contributed by atoms with E-state index in [1.165, 1.54) is 0 Å². The van der Waals surface area contributed by atoms with Crippen molar-refractivity contribution in [2.24, 2.45) is 0 Å². The predicted molar refractivity (Wildman–Crippen MR) is 82.6 cm³/mol. The number of hydrogen-bond acceptors (Lipinski definition) is 3. The molecule has 0 aliphatic heterocycles. The van der Waals surface area contributed by atoms with Crippen LogP contribution < -0.4 is 5.32 Å². The molecule has 3 rings (SSSR count). The summed E-state index contributed by atoms with van der Waals surface area (Å²) >= 11 is 0. The SMILES string of the molecule is Cc1ccccc1C(=O)NCC(c1ccco1)n1cccn1. The molecule has 5 nitrogen and oxygen atoms in total. The molecule has 5 heteroatoms. The number of carbonyl (C=O) groups excluding carboxylic acids is 1. The molecule has 0 saturated carbocycles. The number of carbonyl (C=O) groups is 1. The minimum atomic E-state index is -0.169. The summed E-state index contributed by atoms with van der Waals surface area (Å²) in [5.74, 6) is 0.663. The van der Waals surface area contributed by atoms with Crippen LogP contribution in [0.5, 0.6) is 0 Å². The lowest BCUT2D eigenvalue weighted by molar-refractivity contribution is 0.0947. The van der Waals surface area contributed by atoms with Crippen molar-refractivity contribution in [1.29, 1.82) is 0 Å². The number of nitrogens with zero attached hydrogens (tertiary/aromatic N) is 2. The highest BCUT2D eigenvalue weighted by atomic mass is 16.3. The van der Waals surface area contributed by atoms with Crippen LogP contribution in [0.4, 0.5) is 0 Å². The molecule has 0 aliphatic carbocycles. The number of amides is 1. The Hall–Kier alpha value is -2.82. The van der Waals surface area contributed by atoms with E-state index in [9.17, 15) is 4.79 Å². The van der Waals surface area contributed by atoms with E-state index in [1.54, 1.807) is 17.1 Å². The van der Waals surface area contributed by atoms with E-state index in [0.29, 0.717) is 12.1 Å². The largest absolute Gasteiger partial charge is 0.467 e. The van der Waals surface area contributed by atoms with Gasteiger partial charge < -0.3 is 9.73 Å². The molecule has 1 atom stereocenters. The topological polar surface area (TPSA) is 60.1 Å². The van der Waals surface area contributed by atoms with Crippen LogP contribution in [0.25, 0.3) is 0 Å². The Morgan fingerprint density at radius 2 is 2.14 bits per heavy atom. The smallest absolute Gasteiger partial charge is 0.251 e. The van der Waals surface area contributed by atoms with Crippen molar-refractivity contribution in [3.05, 3.63) is 78.0 Å². The molecule has 1 unspecified atom stereocenters. The van der Waals surface area contributed by atoms with Crippen LogP contribution >= 0.6 is 0 Å². The Kier molecular flexibility index (Phi) is 4.05. The van der Waals surface area contributed by atoms with Crippen LogP contribution in [0.1, 0.15) is 27.7 Å². The third kappa shape index (κ3) is 2.93. The highest BCUT2D eigenvalue weighted by Gasteiger charge is 2.18. The first kappa shape index (κ1) is 14.1. The average Bonchev–Trinajstić information content (AvgIpc) is 3.21. The van der Waals surface area contributed by atoms with Gasteiger partial charge in [-0.15, -0.1) is 0 Å². The number of nitrogens with one attached hydrogen (secondary N) is 1. The first-order chi connectivity index (χ1) is 10.8. The van der Waals surface area contributed by atoms with Gasteiger partial charge in [0, 0.05) is 24.5 Å². The molecule has 1 N–H and O–H groups in total. The summed E-state index contributed by atoms with van der Waals surface area (Å²) in [6, 6.07) is 12.9. The van der Waals surface area contributed by atoms with Crippen LogP contribution in [0.3, 0.4) is 0 Å². The molecule has 0 radical (unpaired) electrons. The highest BCUT2D eigenvalue weighted by molar-refractivity contribution is 5.95. The van der Waals surface area contributed by atoms with Crippen LogP contribution in [-0.4, -0.2) is 22.2 Å². The van der Waals surface area contributed by atoms with Crippen LogP contribution in [0, 0.1) is 6.92 Å². The van der Waals surface area contributed by atoms with Gasteiger partial charge in [0.15, 0.2) is 0 Å². The summed E-state index contributed by atoms with van der Waals surface area (Å²) in [6.07, 6.45) is 5.18. The van der Waals surface area contributed by atoms with Crippen molar-refractivity contribution in [2.75, 3.05) is 6.54 Å². The second-order valence-electron chi connectivity index (χ2n) is 5.04. The second kappa shape index (κ2) is 6.30. The quantitative estimate of drug-likeness (QED) is 0.787. The lowest BCUT2D eigenvalue weighted by Crippen LogP contribution is -2.31. The maximum atomic E-state index is 12.3. The van der Waals surface area contributed by atoms with E-state index < -0.39 is 0 Å². The molecule has 2 heterocycles. The Morgan fingerprint density at radius 3 is 2.82 bits per heavy atom. The summed E-state index contributed by atoms with van der Waals surface area (Å²) in [7, 11) is 0. The van der Waals surface area contributed by atoms with Crippen molar-refractivity contribution in [1.82, 2.24) is 15.1 Å². The molecule has 112 valence electrons. The van der Waals surface area contributed by atoms with Gasteiger partial charge in [0.2, 0.25) is 0 Å². The number of furan rings is 1. The maximum absolute atomic E-state index is 12.3. The third-order valence-corrected chi connectivity index (χ3v) is 3.56. The van der Waals surface area contributed by atoms with Gasteiger partial charge in [0.05, 0.1) is 6.26 Å². The predicted octanol–water partition coefficient (Wildman–Crippen LogP) is 2.80. The minimum Gasteiger partial charge on any atom is -0.467 e. The fourth-order valence-corrected chi connectivity index (χ4v) is 2.38. The van der Waals surface area contributed by atoms with Crippen molar-refractivity contribution < 1.29 is 9.21 Å². The minimum absolute atomic E-state index is 0.0955. The van der Waals surface area contributed by atoms with E-state index in [-0.39, 0.29) is 11.9 Å². The van der Waals surface area contributed by atoms with E-state index in [4.69, 9.17) is 4.42 Å². The zero-order chi connectivity index (χ0) is 15.4. The molecule has 22 heavy (non-hydrogen) atoms. The van der Waals surface area contributed by atoms with Gasteiger partial charge in [-0.1, -0.05) is 18.2 Å². The molecule has 0 bridgehead atoms. The van der Waals surface area contributed by atoms with Gasteiger partial charge in [0.25, 0.3) is 5.91 Å². The fourth-order valence-electron chi connectivity index (χ4n) is 2.38. The Balaban J connectivity index is 1.75. The molecule has 0 saturated heterocycles. The number of aromatic nitrogens is 2. The third-order valence-electron chi connectivity index (χ3n) is 3.56. The Morgan fingerprint density at radius 1 is 1.27 bits per heavy atom. The lowest BCUT2D eigenvalue weighted by atomic mass is 10.1. The summed E-state index contributed by atoms with van der Waals surface area (Å²) in [5.41, 5.74) is 1.63. The van der Waals surface area contributed by atoms with E-state index in [1.807, 2.05) is 55.6 Å². The average molecular weight is 295 g/mol. The molecule has 2 aromatic heterocycles. The molecule has 1 amide bonds. The Bertz CT molecular complexity index is 699. The van der Waals surface area contributed by atoms with Crippen LogP contribution in [0.2, 0.25) is 0 Å². The molecule has 0 spiro atoms. The molecular weight excluding hydrogens is 278 g/mol. The Labute approximate surface area is 128 Å². The molecule has 1 aromatic carbocycles. The highest BCUT2D eigenvalue weighted by Crippen LogP contribution is 2.17. The van der Waals surface area contributed by atoms with Crippen molar-refractivity contribution in [2.45, 2.75) is 13.0 Å². The van der Waals surface area contributed by atoms with Crippen molar-refractivity contribution in [3.63, 3.8) is 0 Å². The normalized spacial score (nSPS) is 12.0. The van der Waals surface area contributed by atoms with Crippen molar-refractivity contribution in [3.8, 4) is 0 Å². The van der Waals surface area contributed by atoms with Gasteiger partial charge in [-0.25, -0.2) is 0 Å². The molecule has 0 aliphatic rings. The van der Waals surface area contributed by atoms with Gasteiger partial charge in [-0.05, 0) is 36.8 Å². The maximum Gasteiger partial charge on any atom is 0.251 e. The van der Waals surface area contributed by atoms with Gasteiger partial charge >= 0.3 is 0 Å². The van der Waals surface area contributed by atoms with Crippen LogP contribution in [0.15, 0.2) is 65.5 Å². The lowest BCUT2D eigenvalue weighted by Gasteiger charge is -2.16. The van der Waals surface area contributed by atoms with Gasteiger partial charge in [0.1, 0.15) is 11.8 Å². The summed E-state index contributed by atoms with van der Waals surface area (Å²) in [4.78, 5) is 12.3. The van der Waals surface area contributed by atoms with E-state index in [0.717, 1.165) is 11.3 Å². The van der Waals surface area contributed by atoms with Crippen LogP contribution in [-0.2, 0) is 0 Å². The standard InChI is InChI=1S/C17H17N3O2/c1-13-6-2-3-7-14(13)17(21)18-12-15(16-8-4-11-22-16)20-10-5-9-19-20/h2-11,15H,12H2,1H3,(H,18,21). The van der Waals surface area contributed by atoms with E-state index >= 15 is 0 Å². The molecule has 3 aromatic rings.